The fourth-order valence-electron chi connectivity index (χ4n) is 2.21. The second kappa shape index (κ2) is 6.53. The topological polar surface area (TPSA) is 73.6 Å². The average Bonchev–Trinajstić information content (AvgIpc) is 2.91. The Bertz CT molecular complexity index is 865. The van der Waals surface area contributed by atoms with Crippen LogP contribution in [0.5, 0.6) is 11.6 Å². The van der Waals surface area contributed by atoms with E-state index in [4.69, 9.17) is 9.84 Å². The van der Waals surface area contributed by atoms with Gasteiger partial charge in [0.05, 0.1) is 10.9 Å². The van der Waals surface area contributed by atoms with Gasteiger partial charge in [0.1, 0.15) is 12.4 Å². The molecule has 0 atom stereocenters. The number of nitrogens with zero attached hydrogens (tertiary/aromatic N) is 2. The van der Waals surface area contributed by atoms with Gasteiger partial charge in [-0.15, -0.1) is 5.10 Å². The molecule has 0 saturated heterocycles. The minimum Gasteiger partial charge on any atom is -0.489 e. The standard InChI is InChI=1S/C16H12F2N2O4/c17-15(18)24-14-12-7-6-11(8-13(12)20(19-14)16(21)22)23-9-10-4-2-1-3-5-10/h1-8,15H,9H2,(H,21,22). The van der Waals surface area contributed by atoms with Crippen molar-refractivity contribution >= 4 is 17.0 Å². The lowest BCUT2D eigenvalue weighted by Crippen LogP contribution is -2.10. The molecule has 1 aromatic heterocycles. The first kappa shape index (κ1) is 15.7. The van der Waals surface area contributed by atoms with Gasteiger partial charge in [0.2, 0.25) is 5.88 Å². The summed E-state index contributed by atoms with van der Waals surface area (Å²) < 4.78 is 35.2. The molecule has 0 radical (unpaired) electrons. The number of hydrogen-bond donors (Lipinski definition) is 1. The monoisotopic (exact) mass is 334 g/mol. The number of carbonyl (C=O) groups is 1. The second-order valence-corrected chi connectivity index (χ2v) is 4.83. The van der Waals surface area contributed by atoms with Crippen LogP contribution in [-0.2, 0) is 6.61 Å². The summed E-state index contributed by atoms with van der Waals surface area (Å²) in [6.45, 7) is -2.81. The minimum absolute atomic E-state index is 0.101. The van der Waals surface area contributed by atoms with Gasteiger partial charge in [-0.05, 0) is 17.7 Å². The zero-order chi connectivity index (χ0) is 17.1. The molecule has 24 heavy (non-hydrogen) atoms. The summed E-state index contributed by atoms with van der Waals surface area (Å²) in [4.78, 5) is 11.2. The molecule has 3 aromatic rings. The van der Waals surface area contributed by atoms with E-state index in [0.717, 1.165) is 5.56 Å². The molecule has 0 spiro atoms. The van der Waals surface area contributed by atoms with Crippen molar-refractivity contribution in [3.63, 3.8) is 0 Å². The zero-order valence-corrected chi connectivity index (χ0v) is 12.2. The highest BCUT2D eigenvalue weighted by Crippen LogP contribution is 2.29. The highest BCUT2D eigenvalue weighted by Gasteiger charge is 2.19. The van der Waals surface area contributed by atoms with Gasteiger partial charge in [-0.25, -0.2) is 4.79 Å². The average molecular weight is 334 g/mol. The van der Waals surface area contributed by atoms with E-state index in [2.05, 4.69) is 9.84 Å². The van der Waals surface area contributed by atoms with Crippen molar-refractivity contribution in [3.05, 3.63) is 54.1 Å². The van der Waals surface area contributed by atoms with E-state index < -0.39 is 18.6 Å². The van der Waals surface area contributed by atoms with E-state index in [1.807, 2.05) is 30.3 Å². The molecule has 0 saturated carbocycles. The summed E-state index contributed by atoms with van der Waals surface area (Å²) in [5.74, 6) is -0.0608. The molecular formula is C16H12F2N2O4. The number of halogens is 2. The summed E-state index contributed by atoms with van der Waals surface area (Å²) >= 11 is 0. The molecule has 0 bridgehead atoms. The number of rotatable bonds is 5. The van der Waals surface area contributed by atoms with Gasteiger partial charge >= 0.3 is 12.7 Å². The Morgan fingerprint density at radius 3 is 2.62 bits per heavy atom. The van der Waals surface area contributed by atoms with Crippen molar-refractivity contribution < 1.29 is 28.2 Å². The number of carboxylic acid groups (broad SMARTS) is 1. The van der Waals surface area contributed by atoms with Crippen molar-refractivity contribution in [2.75, 3.05) is 0 Å². The highest BCUT2D eigenvalue weighted by atomic mass is 19.3. The van der Waals surface area contributed by atoms with Crippen molar-refractivity contribution in [1.82, 2.24) is 9.78 Å². The largest absolute Gasteiger partial charge is 0.489 e. The van der Waals surface area contributed by atoms with Gasteiger partial charge in [0, 0.05) is 6.07 Å². The van der Waals surface area contributed by atoms with Crippen LogP contribution in [0.25, 0.3) is 10.9 Å². The van der Waals surface area contributed by atoms with E-state index in [1.165, 1.54) is 18.2 Å². The maximum absolute atomic E-state index is 12.4. The quantitative estimate of drug-likeness (QED) is 0.769. The minimum atomic E-state index is -3.10. The molecule has 0 aliphatic carbocycles. The van der Waals surface area contributed by atoms with E-state index in [9.17, 15) is 13.6 Å². The van der Waals surface area contributed by atoms with Gasteiger partial charge in [0.25, 0.3) is 0 Å². The predicted octanol–water partition coefficient (Wildman–Crippen LogP) is 3.74. The molecule has 6 nitrogen and oxygen atoms in total. The Morgan fingerprint density at radius 1 is 1.21 bits per heavy atom. The van der Waals surface area contributed by atoms with Crippen molar-refractivity contribution in [1.29, 1.82) is 0 Å². The first-order valence-electron chi connectivity index (χ1n) is 6.92. The first-order valence-corrected chi connectivity index (χ1v) is 6.92. The van der Waals surface area contributed by atoms with Crippen LogP contribution in [0.1, 0.15) is 5.56 Å². The Labute approximate surface area is 134 Å². The fraction of sp³-hybridized carbons (Fsp3) is 0.125. The zero-order valence-electron chi connectivity index (χ0n) is 12.2. The second-order valence-electron chi connectivity index (χ2n) is 4.83. The predicted molar refractivity (Wildman–Crippen MR) is 80.6 cm³/mol. The maximum Gasteiger partial charge on any atom is 0.432 e. The third-order valence-corrected chi connectivity index (χ3v) is 3.25. The number of alkyl halides is 2. The molecule has 2 aromatic carbocycles. The summed E-state index contributed by atoms with van der Waals surface area (Å²) in [6.07, 6.45) is -1.41. The van der Waals surface area contributed by atoms with Crippen molar-refractivity contribution in [2.45, 2.75) is 13.2 Å². The van der Waals surface area contributed by atoms with E-state index in [1.54, 1.807) is 0 Å². The third kappa shape index (κ3) is 3.27. The third-order valence-electron chi connectivity index (χ3n) is 3.25. The maximum atomic E-state index is 12.4. The van der Waals surface area contributed by atoms with E-state index in [0.29, 0.717) is 10.4 Å². The van der Waals surface area contributed by atoms with Gasteiger partial charge in [-0.1, -0.05) is 30.3 Å². The number of hydrogen-bond acceptors (Lipinski definition) is 4. The number of benzene rings is 2. The lowest BCUT2D eigenvalue weighted by molar-refractivity contribution is -0.0521. The van der Waals surface area contributed by atoms with Crippen LogP contribution in [0.4, 0.5) is 13.6 Å². The SMILES string of the molecule is O=C(O)n1nc(OC(F)F)c2ccc(OCc3ccccc3)cc21. The smallest absolute Gasteiger partial charge is 0.432 e. The van der Waals surface area contributed by atoms with Crippen LogP contribution in [0, 0.1) is 0 Å². The molecule has 0 fully saturated rings. The number of ether oxygens (including phenoxy) is 2. The van der Waals surface area contributed by atoms with Crippen molar-refractivity contribution in [3.8, 4) is 11.6 Å². The summed E-state index contributed by atoms with van der Waals surface area (Å²) in [5.41, 5.74) is 1.04. The summed E-state index contributed by atoms with van der Waals surface area (Å²) in [5, 5.41) is 12.9. The van der Waals surface area contributed by atoms with E-state index in [-0.39, 0.29) is 17.5 Å². The number of aromatic nitrogens is 2. The fourth-order valence-corrected chi connectivity index (χ4v) is 2.21. The molecule has 1 heterocycles. The number of fused-ring (bicyclic) bond motifs is 1. The molecule has 3 rings (SSSR count). The van der Waals surface area contributed by atoms with Gasteiger partial charge in [0.15, 0.2) is 0 Å². The van der Waals surface area contributed by atoms with Gasteiger partial charge in [-0.2, -0.15) is 13.5 Å². The van der Waals surface area contributed by atoms with Crippen LogP contribution >= 0.6 is 0 Å². The van der Waals surface area contributed by atoms with Crippen LogP contribution in [0.2, 0.25) is 0 Å². The molecule has 8 heteroatoms. The van der Waals surface area contributed by atoms with Crippen LogP contribution in [-0.4, -0.2) is 27.6 Å². The molecule has 0 amide bonds. The first-order chi connectivity index (χ1) is 11.5. The van der Waals surface area contributed by atoms with E-state index >= 15 is 0 Å². The Balaban J connectivity index is 1.91. The summed E-state index contributed by atoms with van der Waals surface area (Å²) in [7, 11) is 0. The molecule has 0 aliphatic heterocycles. The Hall–Kier alpha value is -3.16. The lowest BCUT2D eigenvalue weighted by Gasteiger charge is -2.06. The Kier molecular flexibility index (Phi) is 4.28. The van der Waals surface area contributed by atoms with Crippen molar-refractivity contribution in [2.24, 2.45) is 0 Å². The van der Waals surface area contributed by atoms with Gasteiger partial charge < -0.3 is 14.6 Å². The molecule has 124 valence electrons. The normalized spacial score (nSPS) is 11.0. The van der Waals surface area contributed by atoms with Crippen LogP contribution in [0.15, 0.2) is 48.5 Å². The molecule has 0 unspecified atom stereocenters. The van der Waals surface area contributed by atoms with Gasteiger partial charge in [-0.3, -0.25) is 0 Å². The molecule has 0 aliphatic rings. The molecular weight excluding hydrogens is 322 g/mol. The highest BCUT2D eigenvalue weighted by molar-refractivity contribution is 5.91. The lowest BCUT2D eigenvalue weighted by atomic mass is 10.2. The van der Waals surface area contributed by atoms with Crippen LogP contribution < -0.4 is 9.47 Å². The Morgan fingerprint density at radius 2 is 1.96 bits per heavy atom. The summed E-state index contributed by atoms with van der Waals surface area (Å²) in [6, 6.07) is 13.8. The molecule has 1 N–H and O–H groups in total. The van der Waals surface area contributed by atoms with Crippen LogP contribution in [0.3, 0.4) is 0 Å².